The van der Waals surface area contributed by atoms with E-state index in [0.717, 1.165) is 5.56 Å². The van der Waals surface area contributed by atoms with Crippen LogP contribution in [-0.2, 0) is 0 Å². The van der Waals surface area contributed by atoms with Gasteiger partial charge in [-0.2, -0.15) is 0 Å². The average molecular weight is 196 g/mol. The zero-order chi connectivity index (χ0) is 10.6. The molecule has 3 N–H and O–H groups in total. The first-order valence-corrected chi connectivity index (χ1v) is 4.73. The monoisotopic (exact) mass is 196 g/mol. The van der Waals surface area contributed by atoms with Crippen molar-refractivity contribution in [2.75, 3.05) is 6.61 Å². The standard InChI is InChI=1S/C11H16O3/c1-8(6-7-12)11(14)9-2-4-10(13)5-3-9/h2-5,8,11-14H,6-7H2,1H3/t8-,11+/m1/s1. The van der Waals surface area contributed by atoms with E-state index in [-0.39, 0.29) is 18.3 Å². The van der Waals surface area contributed by atoms with Crippen molar-refractivity contribution in [1.29, 1.82) is 0 Å². The average Bonchev–Trinajstić information content (AvgIpc) is 2.18. The maximum atomic E-state index is 9.82. The molecule has 0 aromatic heterocycles. The molecule has 0 aliphatic rings. The maximum Gasteiger partial charge on any atom is 0.115 e. The third-order valence-electron chi connectivity index (χ3n) is 2.36. The van der Waals surface area contributed by atoms with Crippen molar-refractivity contribution in [3.63, 3.8) is 0 Å². The summed E-state index contributed by atoms with van der Waals surface area (Å²) < 4.78 is 0. The molecule has 0 saturated heterocycles. The zero-order valence-corrected chi connectivity index (χ0v) is 8.22. The first kappa shape index (κ1) is 11.0. The number of phenolic OH excluding ortho intramolecular Hbond substituents is 1. The Morgan fingerprint density at radius 3 is 2.29 bits per heavy atom. The van der Waals surface area contributed by atoms with Gasteiger partial charge in [-0.25, -0.2) is 0 Å². The van der Waals surface area contributed by atoms with Crippen molar-refractivity contribution in [2.24, 2.45) is 5.92 Å². The van der Waals surface area contributed by atoms with E-state index in [1.165, 1.54) is 0 Å². The Kier molecular flexibility index (Phi) is 3.92. The summed E-state index contributed by atoms with van der Waals surface area (Å²) in [5.41, 5.74) is 0.767. The Hall–Kier alpha value is -1.06. The van der Waals surface area contributed by atoms with E-state index in [1.807, 2.05) is 6.92 Å². The highest BCUT2D eigenvalue weighted by Gasteiger charge is 2.15. The predicted molar refractivity (Wildman–Crippen MR) is 53.9 cm³/mol. The van der Waals surface area contributed by atoms with E-state index < -0.39 is 6.10 Å². The number of hydrogen-bond acceptors (Lipinski definition) is 3. The molecule has 0 aliphatic carbocycles. The van der Waals surface area contributed by atoms with Gasteiger partial charge in [0.15, 0.2) is 0 Å². The summed E-state index contributed by atoms with van der Waals surface area (Å²) in [6, 6.07) is 6.47. The molecule has 78 valence electrons. The van der Waals surface area contributed by atoms with Gasteiger partial charge < -0.3 is 15.3 Å². The summed E-state index contributed by atoms with van der Waals surface area (Å²) in [7, 11) is 0. The molecule has 0 fully saturated rings. The minimum Gasteiger partial charge on any atom is -0.508 e. The van der Waals surface area contributed by atoms with Gasteiger partial charge >= 0.3 is 0 Å². The molecule has 1 aromatic rings. The van der Waals surface area contributed by atoms with Crippen LogP contribution in [0.25, 0.3) is 0 Å². The van der Waals surface area contributed by atoms with E-state index in [0.29, 0.717) is 6.42 Å². The van der Waals surface area contributed by atoms with Crippen molar-refractivity contribution in [3.05, 3.63) is 29.8 Å². The summed E-state index contributed by atoms with van der Waals surface area (Å²) in [6.07, 6.45) is -0.00932. The number of hydrogen-bond donors (Lipinski definition) is 3. The largest absolute Gasteiger partial charge is 0.508 e. The zero-order valence-electron chi connectivity index (χ0n) is 8.22. The Morgan fingerprint density at radius 2 is 1.79 bits per heavy atom. The predicted octanol–water partition coefficient (Wildman–Crippen LogP) is 1.44. The number of aliphatic hydroxyl groups excluding tert-OH is 2. The minimum atomic E-state index is -0.581. The Balaban J connectivity index is 2.68. The third-order valence-corrected chi connectivity index (χ3v) is 2.36. The van der Waals surface area contributed by atoms with Crippen molar-refractivity contribution < 1.29 is 15.3 Å². The Bertz CT molecular complexity index is 268. The number of phenols is 1. The first-order chi connectivity index (χ1) is 6.65. The lowest BCUT2D eigenvalue weighted by Gasteiger charge is -2.18. The molecule has 0 amide bonds. The van der Waals surface area contributed by atoms with Crippen LogP contribution in [0.4, 0.5) is 0 Å². The lowest BCUT2D eigenvalue weighted by molar-refractivity contribution is 0.0990. The molecule has 0 unspecified atom stereocenters. The van der Waals surface area contributed by atoms with Gasteiger partial charge in [0.25, 0.3) is 0 Å². The highest BCUT2D eigenvalue weighted by Crippen LogP contribution is 2.25. The van der Waals surface area contributed by atoms with Gasteiger partial charge in [0, 0.05) is 6.61 Å². The highest BCUT2D eigenvalue weighted by molar-refractivity contribution is 5.27. The summed E-state index contributed by atoms with van der Waals surface area (Å²) in [6.45, 7) is 1.96. The van der Waals surface area contributed by atoms with Crippen LogP contribution in [0.3, 0.4) is 0 Å². The molecule has 1 aromatic carbocycles. The summed E-state index contributed by atoms with van der Waals surface area (Å²) in [5, 5.41) is 27.6. The van der Waals surface area contributed by atoms with E-state index in [1.54, 1.807) is 24.3 Å². The van der Waals surface area contributed by atoms with Crippen LogP contribution >= 0.6 is 0 Å². The van der Waals surface area contributed by atoms with Gasteiger partial charge in [-0.1, -0.05) is 19.1 Å². The molecule has 0 aliphatic heterocycles. The Morgan fingerprint density at radius 1 is 1.21 bits per heavy atom. The smallest absolute Gasteiger partial charge is 0.115 e. The second-order valence-electron chi connectivity index (χ2n) is 3.53. The van der Waals surface area contributed by atoms with Gasteiger partial charge in [0.2, 0.25) is 0 Å². The topological polar surface area (TPSA) is 60.7 Å². The Labute approximate surface area is 83.6 Å². The minimum absolute atomic E-state index is 0.0181. The summed E-state index contributed by atoms with van der Waals surface area (Å²) >= 11 is 0. The molecule has 0 spiro atoms. The SMILES string of the molecule is C[C@H](CCO)[C@H](O)c1ccc(O)cc1. The van der Waals surface area contributed by atoms with Crippen molar-refractivity contribution in [2.45, 2.75) is 19.4 Å². The molecule has 0 saturated carbocycles. The van der Waals surface area contributed by atoms with Gasteiger partial charge in [-0.15, -0.1) is 0 Å². The number of rotatable bonds is 4. The van der Waals surface area contributed by atoms with E-state index >= 15 is 0 Å². The van der Waals surface area contributed by atoms with Gasteiger partial charge in [0.1, 0.15) is 5.75 Å². The molecule has 0 radical (unpaired) electrons. The van der Waals surface area contributed by atoms with Crippen LogP contribution in [-0.4, -0.2) is 21.9 Å². The van der Waals surface area contributed by atoms with Crippen LogP contribution in [0.5, 0.6) is 5.75 Å². The van der Waals surface area contributed by atoms with Crippen molar-refractivity contribution in [3.8, 4) is 5.75 Å². The van der Waals surface area contributed by atoms with E-state index in [4.69, 9.17) is 10.2 Å². The second kappa shape index (κ2) is 4.98. The van der Waals surface area contributed by atoms with E-state index in [2.05, 4.69) is 0 Å². The quantitative estimate of drug-likeness (QED) is 0.683. The lowest BCUT2D eigenvalue weighted by atomic mass is 9.95. The highest BCUT2D eigenvalue weighted by atomic mass is 16.3. The fourth-order valence-electron chi connectivity index (χ4n) is 1.36. The second-order valence-corrected chi connectivity index (χ2v) is 3.53. The molecule has 3 heteroatoms. The molecular formula is C11H16O3. The maximum absolute atomic E-state index is 9.82. The van der Waals surface area contributed by atoms with Crippen molar-refractivity contribution in [1.82, 2.24) is 0 Å². The molecule has 1 rings (SSSR count). The number of aliphatic hydroxyl groups is 2. The van der Waals surface area contributed by atoms with Gasteiger partial charge in [-0.05, 0) is 30.0 Å². The summed E-state index contributed by atoms with van der Waals surface area (Å²) in [5.74, 6) is 0.209. The third kappa shape index (κ3) is 2.72. The lowest BCUT2D eigenvalue weighted by Crippen LogP contribution is -2.10. The number of aromatic hydroxyl groups is 1. The molecule has 0 bridgehead atoms. The molecule has 2 atom stereocenters. The molecule has 3 nitrogen and oxygen atoms in total. The molecule has 14 heavy (non-hydrogen) atoms. The van der Waals surface area contributed by atoms with E-state index in [9.17, 15) is 5.11 Å². The first-order valence-electron chi connectivity index (χ1n) is 4.73. The van der Waals surface area contributed by atoms with Crippen LogP contribution in [0.1, 0.15) is 25.0 Å². The van der Waals surface area contributed by atoms with Crippen LogP contribution < -0.4 is 0 Å². The molecular weight excluding hydrogens is 180 g/mol. The van der Waals surface area contributed by atoms with Crippen molar-refractivity contribution >= 4 is 0 Å². The van der Waals surface area contributed by atoms with Gasteiger partial charge in [-0.3, -0.25) is 0 Å². The summed E-state index contributed by atoms with van der Waals surface area (Å²) in [4.78, 5) is 0. The normalized spacial score (nSPS) is 15.1. The molecule has 0 heterocycles. The fraction of sp³-hybridized carbons (Fsp3) is 0.455. The number of benzene rings is 1. The van der Waals surface area contributed by atoms with Crippen LogP contribution in [0.15, 0.2) is 24.3 Å². The van der Waals surface area contributed by atoms with Gasteiger partial charge in [0.05, 0.1) is 6.10 Å². The van der Waals surface area contributed by atoms with Crippen LogP contribution in [0, 0.1) is 5.92 Å². The van der Waals surface area contributed by atoms with Crippen LogP contribution in [0.2, 0.25) is 0 Å². The fourth-order valence-corrected chi connectivity index (χ4v) is 1.36.